The van der Waals surface area contributed by atoms with Crippen LogP contribution in [0.15, 0.2) is 54.6 Å². The van der Waals surface area contributed by atoms with Gasteiger partial charge in [0, 0.05) is 5.39 Å². The van der Waals surface area contributed by atoms with Crippen LogP contribution in [0.5, 0.6) is 0 Å². The first-order valence-corrected chi connectivity index (χ1v) is 6.56. The Morgan fingerprint density at radius 3 is 2.70 bits per heavy atom. The molecule has 1 aromatic carbocycles. The fourth-order valence-corrected chi connectivity index (χ4v) is 2.50. The molecule has 0 spiro atoms. The molecular formula is C15H9ClN4. The van der Waals surface area contributed by atoms with E-state index >= 15 is 0 Å². The molecule has 0 atom stereocenters. The fourth-order valence-electron chi connectivity index (χ4n) is 2.26. The van der Waals surface area contributed by atoms with Crippen molar-refractivity contribution in [3.8, 4) is 11.5 Å². The fraction of sp³-hybridized carbons (Fsp3) is 0. The van der Waals surface area contributed by atoms with Crippen LogP contribution in [0.3, 0.4) is 0 Å². The molecule has 5 heteroatoms. The summed E-state index contributed by atoms with van der Waals surface area (Å²) in [5.74, 6) is 0.649. The first kappa shape index (κ1) is 11.4. The second-order valence-electron chi connectivity index (χ2n) is 4.45. The van der Waals surface area contributed by atoms with Crippen LogP contribution in [0.25, 0.3) is 28.1 Å². The minimum absolute atomic E-state index is 0.567. The zero-order valence-electron chi connectivity index (χ0n) is 10.4. The van der Waals surface area contributed by atoms with Crippen molar-refractivity contribution in [3.63, 3.8) is 0 Å². The van der Waals surface area contributed by atoms with E-state index in [0.717, 1.165) is 16.6 Å². The van der Waals surface area contributed by atoms with Gasteiger partial charge in [0.05, 0.1) is 5.52 Å². The van der Waals surface area contributed by atoms with Crippen molar-refractivity contribution >= 4 is 28.2 Å². The molecule has 0 aliphatic rings. The van der Waals surface area contributed by atoms with Crippen LogP contribution in [0.2, 0.25) is 5.15 Å². The number of hydrogen-bond donors (Lipinski definition) is 0. The van der Waals surface area contributed by atoms with Crippen molar-refractivity contribution in [2.24, 2.45) is 0 Å². The highest BCUT2D eigenvalue weighted by molar-refractivity contribution is 6.29. The highest BCUT2D eigenvalue weighted by atomic mass is 35.5. The summed E-state index contributed by atoms with van der Waals surface area (Å²) in [6, 6.07) is 17.4. The number of benzene rings is 1. The predicted octanol–water partition coefficient (Wildman–Crippen LogP) is 3.60. The molecule has 0 radical (unpaired) electrons. The molecule has 4 aromatic rings. The summed E-state index contributed by atoms with van der Waals surface area (Å²) in [7, 11) is 0. The van der Waals surface area contributed by atoms with Gasteiger partial charge < -0.3 is 0 Å². The lowest BCUT2D eigenvalue weighted by Crippen LogP contribution is -1.93. The summed E-state index contributed by atoms with van der Waals surface area (Å²) in [5, 5.41) is 9.98. The van der Waals surface area contributed by atoms with Gasteiger partial charge in [0.25, 0.3) is 0 Å². The molecule has 0 saturated heterocycles. The largest absolute Gasteiger partial charge is 0.264 e. The molecule has 20 heavy (non-hydrogen) atoms. The Kier molecular flexibility index (Phi) is 2.44. The van der Waals surface area contributed by atoms with Gasteiger partial charge in [-0.05, 0) is 24.3 Å². The van der Waals surface area contributed by atoms with E-state index in [0.29, 0.717) is 16.6 Å². The van der Waals surface area contributed by atoms with Crippen molar-refractivity contribution < 1.29 is 0 Å². The van der Waals surface area contributed by atoms with E-state index in [1.54, 1.807) is 4.40 Å². The second kappa shape index (κ2) is 4.28. The van der Waals surface area contributed by atoms with Crippen LogP contribution in [-0.2, 0) is 0 Å². The highest BCUT2D eigenvalue weighted by Gasteiger charge is 2.11. The Morgan fingerprint density at radius 1 is 0.850 bits per heavy atom. The predicted molar refractivity (Wildman–Crippen MR) is 78.7 cm³/mol. The minimum atomic E-state index is 0.567. The maximum atomic E-state index is 6.23. The summed E-state index contributed by atoms with van der Waals surface area (Å²) in [6.07, 6.45) is 0. The third-order valence-electron chi connectivity index (χ3n) is 3.21. The molecule has 4 rings (SSSR count). The Morgan fingerprint density at radius 2 is 1.75 bits per heavy atom. The SMILES string of the molecule is Clc1cccc2nnc(-c3ccc4ccccc4n3)n12. The Hall–Kier alpha value is -2.46. The van der Waals surface area contributed by atoms with Gasteiger partial charge in [0.2, 0.25) is 0 Å². The number of fused-ring (bicyclic) bond motifs is 2. The second-order valence-corrected chi connectivity index (χ2v) is 4.84. The Labute approximate surface area is 119 Å². The summed E-state index contributed by atoms with van der Waals surface area (Å²) in [5.41, 5.74) is 2.39. The number of para-hydroxylation sites is 1. The third-order valence-corrected chi connectivity index (χ3v) is 3.50. The van der Waals surface area contributed by atoms with Gasteiger partial charge in [-0.3, -0.25) is 4.40 Å². The summed E-state index contributed by atoms with van der Waals surface area (Å²) >= 11 is 6.23. The average Bonchev–Trinajstić information content (AvgIpc) is 2.92. The van der Waals surface area contributed by atoms with E-state index in [4.69, 9.17) is 11.6 Å². The van der Waals surface area contributed by atoms with Crippen molar-refractivity contribution in [3.05, 3.63) is 59.8 Å². The smallest absolute Gasteiger partial charge is 0.188 e. The summed E-state index contributed by atoms with van der Waals surface area (Å²) < 4.78 is 1.79. The van der Waals surface area contributed by atoms with Crippen LogP contribution in [0, 0.1) is 0 Å². The van der Waals surface area contributed by atoms with Gasteiger partial charge in [0.15, 0.2) is 11.5 Å². The van der Waals surface area contributed by atoms with Gasteiger partial charge >= 0.3 is 0 Å². The molecule has 4 nitrogen and oxygen atoms in total. The molecule has 96 valence electrons. The molecular weight excluding hydrogens is 272 g/mol. The number of rotatable bonds is 1. The van der Waals surface area contributed by atoms with Crippen molar-refractivity contribution in [2.75, 3.05) is 0 Å². The lowest BCUT2D eigenvalue weighted by Gasteiger charge is -2.03. The molecule has 0 aliphatic heterocycles. The van der Waals surface area contributed by atoms with E-state index < -0.39 is 0 Å². The van der Waals surface area contributed by atoms with E-state index in [2.05, 4.69) is 15.2 Å². The topological polar surface area (TPSA) is 43.1 Å². The van der Waals surface area contributed by atoms with Gasteiger partial charge in [-0.25, -0.2) is 4.98 Å². The molecule has 0 N–H and O–H groups in total. The van der Waals surface area contributed by atoms with E-state index in [-0.39, 0.29) is 0 Å². The van der Waals surface area contributed by atoms with E-state index in [1.165, 1.54) is 0 Å². The minimum Gasteiger partial charge on any atom is -0.264 e. The number of aromatic nitrogens is 4. The van der Waals surface area contributed by atoms with Crippen molar-refractivity contribution in [1.29, 1.82) is 0 Å². The molecule has 0 unspecified atom stereocenters. The summed E-state index contributed by atoms with van der Waals surface area (Å²) in [6.45, 7) is 0. The number of nitrogens with zero attached hydrogens (tertiary/aromatic N) is 4. The average molecular weight is 281 g/mol. The lowest BCUT2D eigenvalue weighted by atomic mass is 10.2. The molecule has 3 aromatic heterocycles. The Bertz CT molecular complexity index is 929. The number of pyridine rings is 2. The van der Waals surface area contributed by atoms with Gasteiger partial charge in [-0.1, -0.05) is 41.9 Å². The van der Waals surface area contributed by atoms with E-state index in [1.807, 2.05) is 54.6 Å². The lowest BCUT2D eigenvalue weighted by molar-refractivity contribution is 1.10. The zero-order valence-corrected chi connectivity index (χ0v) is 11.1. The molecule has 0 bridgehead atoms. The highest BCUT2D eigenvalue weighted by Crippen LogP contribution is 2.23. The first-order chi connectivity index (χ1) is 9.83. The maximum Gasteiger partial charge on any atom is 0.188 e. The van der Waals surface area contributed by atoms with Gasteiger partial charge in [-0.2, -0.15) is 0 Å². The standard InChI is InChI=1S/C15H9ClN4/c16-13-6-3-7-14-18-19-15(20(13)14)12-9-8-10-4-1-2-5-11(10)17-12/h1-9H. The maximum absolute atomic E-state index is 6.23. The van der Waals surface area contributed by atoms with Crippen molar-refractivity contribution in [2.45, 2.75) is 0 Å². The Balaban J connectivity index is 2.01. The first-order valence-electron chi connectivity index (χ1n) is 6.19. The van der Waals surface area contributed by atoms with E-state index in [9.17, 15) is 0 Å². The van der Waals surface area contributed by atoms with Crippen LogP contribution in [0.1, 0.15) is 0 Å². The van der Waals surface area contributed by atoms with Crippen LogP contribution >= 0.6 is 11.6 Å². The number of hydrogen-bond acceptors (Lipinski definition) is 3. The monoisotopic (exact) mass is 280 g/mol. The quantitative estimate of drug-likeness (QED) is 0.500. The number of halogens is 1. The molecule has 0 aliphatic carbocycles. The molecule has 0 amide bonds. The zero-order chi connectivity index (χ0) is 13.5. The summed E-state index contributed by atoms with van der Waals surface area (Å²) in [4.78, 5) is 4.63. The van der Waals surface area contributed by atoms with Crippen LogP contribution in [0.4, 0.5) is 0 Å². The van der Waals surface area contributed by atoms with Crippen LogP contribution in [-0.4, -0.2) is 19.6 Å². The molecule has 0 saturated carbocycles. The molecule has 0 fully saturated rings. The van der Waals surface area contributed by atoms with Gasteiger partial charge in [0.1, 0.15) is 10.8 Å². The van der Waals surface area contributed by atoms with Gasteiger partial charge in [-0.15, -0.1) is 10.2 Å². The normalized spacial score (nSPS) is 11.2. The van der Waals surface area contributed by atoms with Crippen LogP contribution < -0.4 is 0 Å². The third kappa shape index (κ3) is 1.66. The molecule has 3 heterocycles. The van der Waals surface area contributed by atoms with Crippen molar-refractivity contribution in [1.82, 2.24) is 19.6 Å².